The summed E-state index contributed by atoms with van der Waals surface area (Å²) in [7, 11) is 0. The predicted molar refractivity (Wildman–Crippen MR) is 89.5 cm³/mol. The van der Waals surface area contributed by atoms with Crippen molar-refractivity contribution in [1.29, 1.82) is 0 Å². The fourth-order valence-electron chi connectivity index (χ4n) is 2.28. The third kappa shape index (κ3) is 3.98. The molecular weight excluding hydrogens is 304 g/mol. The van der Waals surface area contributed by atoms with Crippen LogP contribution in [0.4, 0.5) is 4.79 Å². The molecule has 6 heteroatoms. The number of carbonyl (C=O) groups excluding carboxylic acids is 1. The number of nitrogens with zero attached hydrogens (tertiary/aromatic N) is 3. The molecule has 1 amide bonds. The number of hydrogen-bond acceptors (Lipinski definition) is 4. The molecule has 1 N–H and O–H groups in total. The number of amides is 1. The van der Waals surface area contributed by atoms with Crippen molar-refractivity contribution in [1.82, 2.24) is 20.1 Å². The molecule has 0 bridgehead atoms. The average Bonchev–Trinajstić information content (AvgIpc) is 3.16. The number of alkyl carbamates (subject to hydrolysis) is 1. The summed E-state index contributed by atoms with van der Waals surface area (Å²) in [6.45, 7) is 2.17. The number of nitrogens with one attached hydrogen (secondary N) is 1. The molecule has 1 aromatic heterocycles. The highest BCUT2D eigenvalue weighted by atomic mass is 16.5. The van der Waals surface area contributed by atoms with Crippen molar-refractivity contribution in [2.45, 2.75) is 19.6 Å². The monoisotopic (exact) mass is 322 g/mol. The van der Waals surface area contributed by atoms with Crippen LogP contribution in [0.25, 0.3) is 5.69 Å². The lowest BCUT2D eigenvalue weighted by molar-refractivity contribution is 0.136. The first-order valence-electron chi connectivity index (χ1n) is 7.64. The van der Waals surface area contributed by atoms with E-state index in [2.05, 4.69) is 15.4 Å². The molecule has 0 unspecified atom stereocenters. The zero-order chi connectivity index (χ0) is 16.8. The number of carbonyl (C=O) groups is 1. The summed E-state index contributed by atoms with van der Waals surface area (Å²) in [6, 6.07) is 17.2. The number of hydrogen-bond donors (Lipinski definition) is 1. The van der Waals surface area contributed by atoms with Gasteiger partial charge in [0.1, 0.15) is 19.3 Å². The van der Waals surface area contributed by atoms with Crippen molar-refractivity contribution in [3.63, 3.8) is 0 Å². The summed E-state index contributed by atoms with van der Waals surface area (Å²) in [4.78, 5) is 15.8. The van der Waals surface area contributed by atoms with Crippen molar-refractivity contribution < 1.29 is 9.53 Å². The summed E-state index contributed by atoms with van der Waals surface area (Å²) >= 11 is 0. The standard InChI is InChI=1S/C18H18N4O2/c1-14(21-18(23)24-11-15-5-3-2-4-6-15)16-7-9-17(10-8-16)22-13-19-12-20-22/h2-10,12-14H,11H2,1H3,(H,21,23)/t14-/m1/s1. The lowest BCUT2D eigenvalue weighted by Crippen LogP contribution is -2.27. The summed E-state index contributed by atoms with van der Waals surface area (Å²) in [6.07, 6.45) is 2.69. The summed E-state index contributed by atoms with van der Waals surface area (Å²) in [5.41, 5.74) is 2.85. The van der Waals surface area contributed by atoms with E-state index in [4.69, 9.17) is 4.74 Å². The normalized spacial score (nSPS) is 11.7. The van der Waals surface area contributed by atoms with E-state index >= 15 is 0 Å². The summed E-state index contributed by atoms with van der Waals surface area (Å²) < 4.78 is 6.91. The molecule has 3 aromatic rings. The molecule has 0 radical (unpaired) electrons. The van der Waals surface area contributed by atoms with Crippen LogP contribution >= 0.6 is 0 Å². The van der Waals surface area contributed by atoms with Gasteiger partial charge in [-0.05, 0) is 30.2 Å². The zero-order valence-corrected chi connectivity index (χ0v) is 13.3. The van der Waals surface area contributed by atoms with Crippen molar-refractivity contribution in [2.75, 3.05) is 0 Å². The maximum absolute atomic E-state index is 11.9. The smallest absolute Gasteiger partial charge is 0.407 e. The van der Waals surface area contributed by atoms with Crippen molar-refractivity contribution in [3.8, 4) is 5.69 Å². The van der Waals surface area contributed by atoms with Gasteiger partial charge in [-0.25, -0.2) is 14.5 Å². The van der Waals surface area contributed by atoms with Gasteiger partial charge < -0.3 is 10.1 Å². The number of aromatic nitrogens is 3. The lowest BCUT2D eigenvalue weighted by atomic mass is 10.1. The average molecular weight is 322 g/mol. The molecule has 0 saturated carbocycles. The highest BCUT2D eigenvalue weighted by Gasteiger charge is 2.11. The quantitative estimate of drug-likeness (QED) is 0.783. The van der Waals surface area contributed by atoms with Gasteiger partial charge in [-0.3, -0.25) is 0 Å². The third-order valence-corrected chi connectivity index (χ3v) is 3.62. The molecule has 0 spiro atoms. The van der Waals surface area contributed by atoms with E-state index in [0.717, 1.165) is 16.8 Å². The van der Waals surface area contributed by atoms with Crippen molar-refractivity contribution in [2.24, 2.45) is 0 Å². The van der Waals surface area contributed by atoms with Crippen LogP contribution in [-0.4, -0.2) is 20.9 Å². The second-order valence-corrected chi connectivity index (χ2v) is 5.36. The Kier molecular flexibility index (Phi) is 4.86. The molecule has 122 valence electrons. The molecular formula is C18H18N4O2. The summed E-state index contributed by atoms with van der Waals surface area (Å²) in [5, 5.41) is 6.90. The first kappa shape index (κ1) is 15.7. The minimum absolute atomic E-state index is 0.155. The van der Waals surface area contributed by atoms with Gasteiger partial charge in [-0.2, -0.15) is 5.10 Å². The van der Waals surface area contributed by atoms with Crippen LogP contribution in [0.15, 0.2) is 67.3 Å². The fourth-order valence-corrected chi connectivity index (χ4v) is 2.28. The van der Waals surface area contributed by atoms with E-state index in [1.165, 1.54) is 6.33 Å². The van der Waals surface area contributed by atoms with Gasteiger partial charge in [0.25, 0.3) is 0 Å². The maximum Gasteiger partial charge on any atom is 0.407 e. The van der Waals surface area contributed by atoms with E-state index < -0.39 is 6.09 Å². The van der Waals surface area contributed by atoms with E-state index in [1.54, 1.807) is 11.0 Å². The molecule has 1 atom stereocenters. The van der Waals surface area contributed by atoms with Gasteiger partial charge in [0.2, 0.25) is 0 Å². The first-order chi connectivity index (χ1) is 11.7. The van der Waals surface area contributed by atoms with Crippen LogP contribution in [0.3, 0.4) is 0 Å². The van der Waals surface area contributed by atoms with Crippen LogP contribution in [-0.2, 0) is 11.3 Å². The first-order valence-corrected chi connectivity index (χ1v) is 7.64. The minimum Gasteiger partial charge on any atom is -0.445 e. The van der Waals surface area contributed by atoms with Gasteiger partial charge >= 0.3 is 6.09 Å². The second kappa shape index (κ2) is 7.41. The minimum atomic E-state index is -0.438. The second-order valence-electron chi connectivity index (χ2n) is 5.36. The van der Waals surface area contributed by atoms with Crippen LogP contribution in [0.2, 0.25) is 0 Å². The number of benzene rings is 2. The third-order valence-electron chi connectivity index (χ3n) is 3.62. The van der Waals surface area contributed by atoms with Gasteiger partial charge in [-0.15, -0.1) is 0 Å². The lowest BCUT2D eigenvalue weighted by Gasteiger charge is -2.15. The van der Waals surface area contributed by atoms with E-state index in [0.29, 0.717) is 0 Å². The van der Waals surface area contributed by atoms with E-state index in [-0.39, 0.29) is 12.6 Å². The molecule has 2 aromatic carbocycles. The van der Waals surface area contributed by atoms with Gasteiger partial charge in [0.15, 0.2) is 0 Å². The Hall–Kier alpha value is -3.15. The number of rotatable bonds is 5. The van der Waals surface area contributed by atoms with Crippen molar-refractivity contribution in [3.05, 3.63) is 78.4 Å². The highest BCUT2D eigenvalue weighted by molar-refractivity contribution is 5.67. The Morgan fingerprint density at radius 2 is 1.92 bits per heavy atom. The van der Waals surface area contributed by atoms with E-state index in [1.807, 2.05) is 61.5 Å². The molecule has 24 heavy (non-hydrogen) atoms. The topological polar surface area (TPSA) is 69.0 Å². The molecule has 1 heterocycles. The van der Waals surface area contributed by atoms with Crippen LogP contribution < -0.4 is 5.32 Å². The van der Waals surface area contributed by atoms with Gasteiger partial charge in [0.05, 0.1) is 11.7 Å². The van der Waals surface area contributed by atoms with E-state index in [9.17, 15) is 4.79 Å². The van der Waals surface area contributed by atoms with Gasteiger partial charge in [0, 0.05) is 0 Å². The SMILES string of the molecule is C[C@@H](NC(=O)OCc1ccccc1)c1ccc(-n2cncn2)cc1. The van der Waals surface area contributed by atoms with Gasteiger partial charge in [-0.1, -0.05) is 42.5 Å². The Bertz CT molecular complexity index is 771. The predicted octanol–water partition coefficient (Wildman–Crippen LogP) is 3.25. The van der Waals surface area contributed by atoms with Crippen LogP contribution in [0, 0.1) is 0 Å². The highest BCUT2D eigenvalue weighted by Crippen LogP contribution is 2.15. The molecule has 6 nitrogen and oxygen atoms in total. The molecule has 0 aliphatic carbocycles. The molecule has 0 fully saturated rings. The van der Waals surface area contributed by atoms with Crippen LogP contribution in [0.5, 0.6) is 0 Å². The summed E-state index contributed by atoms with van der Waals surface area (Å²) in [5.74, 6) is 0. The van der Waals surface area contributed by atoms with Crippen molar-refractivity contribution >= 4 is 6.09 Å². The zero-order valence-electron chi connectivity index (χ0n) is 13.3. The molecule has 3 rings (SSSR count). The Balaban J connectivity index is 1.54. The molecule has 0 aliphatic rings. The van der Waals surface area contributed by atoms with Crippen LogP contribution in [0.1, 0.15) is 24.1 Å². The Morgan fingerprint density at radius 3 is 2.58 bits per heavy atom. The molecule has 0 saturated heterocycles. The largest absolute Gasteiger partial charge is 0.445 e. The molecule has 0 aliphatic heterocycles. The number of ether oxygens (including phenoxy) is 1. The Morgan fingerprint density at radius 1 is 1.17 bits per heavy atom. The fraction of sp³-hybridized carbons (Fsp3) is 0.167. The Labute approximate surface area is 140 Å². The maximum atomic E-state index is 11.9.